The minimum Gasteiger partial charge on any atom is -0.480 e. The lowest BCUT2D eigenvalue weighted by Gasteiger charge is -2.10. The summed E-state index contributed by atoms with van der Waals surface area (Å²) in [6.07, 6.45) is 3.74. The summed E-state index contributed by atoms with van der Waals surface area (Å²) in [6, 6.07) is -1.32. The van der Waals surface area contributed by atoms with Crippen LogP contribution in [0.25, 0.3) is 0 Å². The quantitative estimate of drug-likeness (QED) is 0.567. The molecule has 0 aliphatic rings. The lowest BCUT2D eigenvalue weighted by molar-refractivity contribution is -0.140. The molecular formula is C8H9N3O4. The molecule has 1 amide bonds. The summed E-state index contributed by atoms with van der Waals surface area (Å²) in [5.74, 6) is -1.94. The van der Waals surface area contributed by atoms with E-state index < -0.39 is 24.5 Å². The Morgan fingerprint density at radius 1 is 1.40 bits per heavy atom. The number of nitrogens with zero attached hydrogens (tertiary/aromatic N) is 2. The standard InChI is InChI=1S/C8H9N3O4/c12-3-6(8(14)15)11-7(13)5-1-9-4-10-2-5/h1-2,4,6,12H,3H2,(H,11,13)(H,14,15)/t6-/m1/s1. The first-order chi connectivity index (χ1) is 7.15. The molecule has 0 aliphatic carbocycles. The Kier molecular flexibility index (Phi) is 3.69. The summed E-state index contributed by atoms with van der Waals surface area (Å²) in [5.41, 5.74) is 0.136. The van der Waals surface area contributed by atoms with E-state index in [0.717, 1.165) is 0 Å². The Morgan fingerprint density at radius 3 is 2.47 bits per heavy atom. The summed E-state index contributed by atoms with van der Waals surface area (Å²) in [4.78, 5) is 29.0. The Balaban J connectivity index is 2.67. The van der Waals surface area contributed by atoms with Crippen molar-refractivity contribution in [1.82, 2.24) is 15.3 Å². The maximum Gasteiger partial charge on any atom is 0.328 e. The topological polar surface area (TPSA) is 112 Å². The second kappa shape index (κ2) is 5.01. The molecular weight excluding hydrogens is 202 g/mol. The number of carbonyl (C=O) groups is 2. The van der Waals surface area contributed by atoms with Crippen LogP contribution >= 0.6 is 0 Å². The highest BCUT2D eigenvalue weighted by Crippen LogP contribution is 1.94. The van der Waals surface area contributed by atoms with E-state index >= 15 is 0 Å². The van der Waals surface area contributed by atoms with E-state index in [1.807, 2.05) is 0 Å². The molecule has 1 aromatic heterocycles. The minimum absolute atomic E-state index is 0.136. The number of carboxylic acid groups (broad SMARTS) is 1. The molecule has 0 unspecified atom stereocenters. The second-order valence-corrected chi connectivity index (χ2v) is 2.67. The predicted octanol–water partition coefficient (Wildman–Crippen LogP) is -1.35. The molecule has 0 bridgehead atoms. The van der Waals surface area contributed by atoms with Gasteiger partial charge in [0.05, 0.1) is 12.2 Å². The molecule has 0 spiro atoms. The van der Waals surface area contributed by atoms with Crippen molar-refractivity contribution >= 4 is 11.9 Å². The lowest BCUT2D eigenvalue weighted by atomic mass is 10.2. The van der Waals surface area contributed by atoms with Crippen LogP contribution in [0.1, 0.15) is 10.4 Å². The number of aromatic nitrogens is 2. The summed E-state index contributed by atoms with van der Waals surface area (Å²) in [7, 11) is 0. The van der Waals surface area contributed by atoms with Gasteiger partial charge in [0.15, 0.2) is 6.04 Å². The zero-order chi connectivity index (χ0) is 11.3. The maximum absolute atomic E-state index is 11.4. The number of aliphatic carboxylic acids is 1. The smallest absolute Gasteiger partial charge is 0.328 e. The minimum atomic E-state index is -1.32. The molecule has 1 heterocycles. The molecule has 80 valence electrons. The Bertz CT molecular complexity index is 354. The number of hydrogen-bond donors (Lipinski definition) is 3. The molecule has 1 aromatic rings. The maximum atomic E-state index is 11.4. The molecule has 15 heavy (non-hydrogen) atoms. The number of aliphatic hydroxyl groups excluding tert-OH is 1. The van der Waals surface area contributed by atoms with Crippen molar-refractivity contribution < 1.29 is 19.8 Å². The van der Waals surface area contributed by atoms with Gasteiger partial charge < -0.3 is 15.5 Å². The third-order valence-corrected chi connectivity index (χ3v) is 1.61. The fraction of sp³-hybridized carbons (Fsp3) is 0.250. The van der Waals surface area contributed by atoms with E-state index in [4.69, 9.17) is 10.2 Å². The molecule has 1 atom stereocenters. The molecule has 0 aliphatic heterocycles. The van der Waals surface area contributed by atoms with Crippen LogP contribution in [0.4, 0.5) is 0 Å². The predicted molar refractivity (Wildman–Crippen MR) is 48.0 cm³/mol. The van der Waals surface area contributed by atoms with Gasteiger partial charge in [0.25, 0.3) is 5.91 Å². The molecule has 0 saturated carbocycles. The van der Waals surface area contributed by atoms with E-state index in [0.29, 0.717) is 0 Å². The van der Waals surface area contributed by atoms with Gasteiger partial charge in [0, 0.05) is 12.4 Å². The average molecular weight is 211 g/mol. The fourth-order valence-electron chi connectivity index (χ4n) is 0.843. The number of amides is 1. The zero-order valence-electron chi connectivity index (χ0n) is 7.62. The molecule has 0 radical (unpaired) electrons. The van der Waals surface area contributed by atoms with Gasteiger partial charge >= 0.3 is 5.97 Å². The van der Waals surface area contributed by atoms with E-state index in [1.54, 1.807) is 0 Å². The van der Waals surface area contributed by atoms with Gasteiger partial charge in [-0.05, 0) is 0 Å². The number of rotatable bonds is 4. The van der Waals surface area contributed by atoms with Gasteiger partial charge in [0.1, 0.15) is 6.33 Å². The van der Waals surface area contributed by atoms with E-state index in [9.17, 15) is 9.59 Å². The first kappa shape index (κ1) is 11.1. The van der Waals surface area contributed by atoms with Crippen LogP contribution in [0.15, 0.2) is 18.7 Å². The molecule has 3 N–H and O–H groups in total. The number of carbonyl (C=O) groups excluding carboxylic acids is 1. The van der Waals surface area contributed by atoms with Crippen molar-refractivity contribution in [3.63, 3.8) is 0 Å². The van der Waals surface area contributed by atoms with Gasteiger partial charge in [-0.1, -0.05) is 0 Å². The van der Waals surface area contributed by atoms with Crippen molar-refractivity contribution in [2.45, 2.75) is 6.04 Å². The molecule has 0 saturated heterocycles. The van der Waals surface area contributed by atoms with Gasteiger partial charge in [-0.3, -0.25) is 4.79 Å². The van der Waals surface area contributed by atoms with Crippen molar-refractivity contribution in [2.75, 3.05) is 6.61 Å². The van der Waals surface area contributed by atoms with Crippen LogP contribution < -0.4 is 5.32 Å². The van der Waals surface area contributed by atoms with Crippen LogP contribution in [0, 0.1) is 0 Å². The third-order valence-electron chi connectivity index (χ3n) is 1.61. The molecule has 7 heteroatoms. The number of carboxylic acids is 1. The zero-order valence-corrected chi connectivity index (χ0v) is 7.62. The average Bonchev–Trinajstić information content (AvgIpc) is 2.26. The highest BCUT2D eigenvalue weighted by molar-refractivity contribution is 5.96. The summed E-state index contributed by atoms with van der Waals surface area (Å²) in [6.45, 7) is -0.672. The first-order valence-corrected chi connectivity index (χ1v) is 4.04. The van der Waals surface area contributed by atoms with Crippen LogP contribution in [-0.2, 0) is 4.79 Å². The van der Waals surface area contributed by atoms with Gasteiger partial charge in [0.2, 0.25) is 0 Å². The fourth-order valence-corrected chi connectivity index (χ4v) is 0.843. The number of nitrogens with one attached hydrogen (secondary N) is 1. The molecule has 1 rings (SSSR count). The van der Waals surface area contributed by atoms with Crippen molar-refractivity contribution in [2.24, 2.45) is 0 Å². The highest BCUT2D eigenvalue weighted by atomic mass is 16.4. The molecule has 0 fully saturated rings. The third kappa shape index (κ3) is 2.99. The van der Waals surface area contributed by atoms with E-state index in [-0.39, 0.29) is 5.56 Å². The first-order valence-electron chi connectivity index (χ1n) is 4.04. The van der Waals surface area contributed by atoms with Gasteiger partial charge in [-0.2, -0.15) is 0 Å². The van der Waals surface area contributed by atoms with Gasteiger partial charge in [-0.25, -0.2) is 14.8 Å². The Labute approximate surface area is 84.8 Å². The van der Waals surface area contributed by atoms with Crippen molar-refractivity contribution in [3.8, 4) is 0 Å². The summed E-state index contributed by atoms with van der Waals surface area (Å²) in [5, 5.41) is 19.3. The van der Waals surface area contributed by atoms with E-state index in [1.165, 1.54) is 18.7 Å². The van der Waals surface area contributed by atoms with Crippen LogP contribution in [0.5, 0.6) is 0 Å². The Hall–Kier alpha value is -2.02. The highest BCUT2D eigenvalue weighted by Gasteiger charge is 2.19. The summed E-state index contributed by atoms with van der Waals surface area (Å²) < 4.78 is 0. The lowest BCUT2D eigenvalue weighted by Crippen LogP contribution is -2.43. The van der Waals surface area contributed by atoms with Crippen molar-refractivity contribution in [3.05, 3.63) is 24.3 Å². The Morgan fingerprint density at radius 2 is 2.00 bits per heavy atom. The van der Waals surface area contributed by atoms with Crippen LogP contribution in [0.2, 0.25) is 0 Å². The molecule has 0 aromatic carbocycles. The van der Waals surface area contributed by atoms with Crippen LogP contribution in [0.3, 0.4) is 0 Å². The number of aliphatic hydroxyl groups is 1. The SMILES string of the molecule is O=C(N[C@H](CO)C(=O)O)c1cncnc1. The second-order valence-electron chi connectivity index (χ2n) is 2.67. The van der Waals surface area contributed by atoms with Crippen molar-refractivity contribution in [1.29, 1.82) is 0 Å². The van der Waals surface area contributed by atoms with Gasteiger partial charge in [-0.15, -0.1) is 0 Å². The number of hydrogen-bond acceptors (Lipinski definition) is 5. The van der Waals surface area contributed by atoms with Crippen LogP contribution in [-0.4, -0.2) is 44.7 Å². The van der Waals surface area contributed by atoms with E-state index in [2.05, 4.69) is 15.3 Å². The molecule has 7 nitrogen and oxygen atoms in total. The normalized spacial score (nSPS) is 11.8. The summed E-state index contributed by atoms with van der Waals surface area (Å²) >= 11 is 0. The monoisotopic (exact) mass is 211 g/mol. The largest absolute Gasteiger partial charge is 0.480 e.